The van der Waals surface area contributed by atoms with Gasteiger partial charge in [-0.1, -0.05) is 36.4 Å². The molecule has 1 aromatic heterocycles. The van der Waals surface area contributed by atoms with E-state index in [0.717, 1.165) is 17.8 Å². The molecule has 0 bridgehead atoms. The zero-order chi connectivity index (χ0) is 11.0. The summed E-state index contributed by atoms with van der Waals surface area (Å²) in [7, 11) is 0. The first kappa shape index (κ1) is 9.73. The highest BCUT2D eigenvalue weighted by molar-refractivity contribution is 6.99. The Labute approximate surface area is 99.0 Å². The number of allylic oxidation sites excluding steroid dienone is 2. The van der Waals surface area contributed by atoms with Crippen molar-refractivity contribution in [3.63, 3.8) is 0 Å². The van der Waals surface area contributed by atoms with Gasteiger partial charge in [0.05, 0.1) is 17.4 Å². The molecule has 0 aliphatic heterocycles. The van der Waals surface area contributed by atoms with Crippen molar-refractivity contribution in [3.8, 4) is 0 Å². The Morgan fingerprint density at radius 2 is 2.00 bits per heavy atom. The van der Waals surface area contributed by atoms with E-state index in [1.165, 1.54) is 22.9 Å². The summed E-state index contributed by atoms with van der Waals surface area (Å²) in [4.78, 5) is 0. The number of benzene rings is 1. The summed E-state index contributed by atoms with van der Waals surface area (Å²) in [5.41, 5.74) is 4.83. The predicted molar refractivity (Wildman–Crippen MR) is 66.5 cm³/mol. The number of fused-ring (bicyclic) bond motifs is 1. The summed E-state index contributed by atoms with van der Waals surface area (Å²) in [5, 5.41) is 0. The van der Waals surface area contributed by atoms with Crippen molar-refractivity contribution in [2.24, 2.45) is 0 Å². The lowest BCUT2D eigenvalue weighted by molar-refractivity contribution is 0.789. The van der Waals surface area contributed by atoms with Gasteiger partial charge in [-0.05, 0) is 24.5 Å². The molecule has 16 heavy (non-hydrogen) atoms. The smallest absolute Gasteiger partial charge is 0.103 e. The summed E-state index contributed by atoms with van der Waals surface area (Å²) in [6.45, 7) is 2.11. The minimum Gasteiger partial charge on any atom is -0.177 e. The fourth-order valence-electron chi connectivity index (χ4n) is 2.18. The third-order valence-corrected chi connectivity index (χ3v) is 3.62. The van der Waals surface area contributed by atoms with E-state index in [1.54, 1.807) is 0 Å². The normalized spacial score (nSPS) is 19.1. The lowest BCUT2D eigenvalue weighted by Gasteiger charge is -2.19. The topological polar surface area (TPSA) is 25.8 Å². The van der Waals surface area contributed by atoms with Crippen LogP contribution < -0.4 is 0 Å². The molecule has 0 amide bonds. The summed E-state index contributed by atoms with van der Waals surface area (Å²) in [6, 6.07) is 10.6. The highest BCUT2D eigenvalue weighted by Gasteiger charge is 2.24. The van der Waals surface area contributed by atoms with Crippen LogP contribution in [-0.2, 0) is 0 Å². The molecule has 1 aliphatic carbocycles. The fourth-order valence-corrected chi connectivity index (χ4v) is 2.84. The van der Waals surface area contributed by atoms with Gasteiger partial charge in [-0.15, -0.1) is 0 Å². The Morgan fingerprint density at radius 3 is 2.81 bits per heavy atom. The van der Waals surface area contributed by atoms with Crippen LogP contribution >= 0.6 is 11.7 Å². The van der Waals surface area contributed by atoms with E-state index in [9.17, 15) is 0 Å². The fraction of sp³-hybridized carbons (Fsp3) is 0.231. The third-order valence-electron chi connectivity index (χ3n) is 3.08. The molecule has 0 saturated heterocycles. The standard InChI is InChI=1S/C13H12N2S/c1-9-7-8-11(10-5-3-2-4-6-10)13-12(9)14-16-15-13/h2-7,11H,8H2,1H3. The van der Waals surface area contributed by atoms with Crippen LogP contribution in [0.25, 0.3) is 5.57 Å². The minimum absolute atomic E-state index is 0.388. The Bertz CT molecular complexity index is 528. The zero-order valence-electron chi connectivity index (χ0n) is 9.05. The lowest BCUT2D eigenvalue weighted by Crippen LogP contribution is -2.07. The Hall–Kier alpha value is -1.48. The van der Waals surface area contributed by atoms with E-state index in [1.807, 2.05) is 6.07 Å². The van der Waals surface area contributed by atoms with Crippen LogP contribution in [0.15, 0.2) is 36.4 Å². The van der Waals surface area contributed by atoms with Crippen LogP contribution in [0.5, 0.6) is 0 Å². The molecule has 3 heteroatoms. The summed E-state index contributed by atoms with van der Waals surface area (Å²) in [6.07, 6.45) is 3.30. The average molecular weight is 228 g/mol. The van der Waals surface area contributed by atoms with Gasteiger partial charge in [-0.2, -0.15) is 8.75 Å². The van der Waals surface area contributed by atoms with Crippen molar-refractivity contribution in [1.82, 2.24) is 8.75 Å². The molecule has 2 nitrogen and oxygen atoms in total. The van der Waals surface area contributed by atoms with Gasteiger partial charge in [-0.3, -0.25) is 0 Å². The number of hydrogen-bond donors (Lipinski definition) is 0. The van der Waals surface area contributed by atoms with Crippen LogP contribution in [-0.4, -0.2) is 8.75 Å². The molecule has 0 N–H and O–H groups in total. The van der Waals surface area contributed by atoms with Gasteiger partial charge >= 0.3 is 0 Å². The van der Waals surface area contributed by atoms with Crippen molar-refractivity contribution in [3.05, 3.63) is 53.4 Å². The number of aromatic nitrogens is 2. The van der Waals surface area contributed by atoms with Crippen LogP contribution in [0.4, 0.5) is 0 Å². The van der Waals surface area contributed by atoms with Gasteiger partial charge in [0, 0.05) is 5.92 Å². The first-order valence-corrected chi connectivity index (χ1v) is 6.14. The summed E-state index contributed by atoms with van der Waals surface area (Å²) >= 11 is 1.32. The van der Waals surface area contributed by atoms with E-state index in [4.69, 9.17) is 0 Å². The predicted octanol–water partition coefficient (Wildman–Crippen LogP) is 3.48. The number of nitrogens with zero attached hydrogens (tertiary/aromatic N) is 2. The zero-order valence-corrected chi connectivity index (χ0v) is 9.87. The second kappa shape index (κ2) is 3.83. The number of rotatable bonds is 1. The average Bonchev–Trinajstić information content (AvgIpc) is 2.81. The molecule has 1 atom stereocenters. The first-order valence-electron chi connectivity index (χ1n) is 5.41. The molecule has 1 unspecified atom stereocenters. The van der Waals surface area contributed by atoms with E-state index in [0.29, 0.717) is 5.92 Å². The van der Waals surface area contributed by atoms with Gasteiger partial charge in [0.2, 0.25) is 0 Å². The molecule has 0 saturated carbocycles. The molecule has 1 heterocycles. The van der Waals surface area contributed by atoms with Gasteiger partial charge < -0.3 is 0 Å². The largest absolute Gasteiger partial charge is 0.177 e. The molecular weight excluding hydrogens is 216 g/mol. The highest BCUT2D eigenvalue weighted by atomic mass is 32.1. The molecular formula is C13H12N2S. The second-order valence-corrected chi connectivity index (χ2v) is 4.61. The molecule has 1 aromatic carbocycles. The first-order chi connectivity index (χ1) is 7.86. The van der Waals surface area contributed by atoms with Crippen LogP contribution in [0, 0.1) is 0 Å². The summed E-state index contributed by atoms with van der Waals surface area (Å²) in [5.74, 6) is 0.388. The molecule has 0 fully saturated rings. The second-order valence-electron chi connectivity index (χ2n) is 4.08. The maximum Gasteiger partial charge on any atom is 0.103 e. The van der Waals surface area contributed by atoms with E-state index >= 15 is 0 Å². The van der Waals surface area contributed by atoms with Crippen molar-refractivity contribution in [1.29, 1.82) is 0 Å². The quantitative estimate of drug-likeness (QED) is 0.746. The molecule has 3 rings (SSSR count). The van der Waals surface area contributed by atoms with Crippen LogP contribution in [0.1, 0.15) is 36.2 Å². The minimum atomic E-state index is 0.388. The van der Waals surface area contributed by atoms with Crippen LogP contribution in [0.3, 0.4) is 0 Å². The molecule has 2 aromatic rings. The van der Waals surface area contributed by atoms with Gasteiger partial charge in [0.1, 0.15) is 5.69 Å². The third kappa shape index (κ3) is 1.48. The number of hydrogen-bond acceptors (Lipinski definition) is 3. The van der Waals surface area contributed by atoms with Gasteiger partial charge in [-0.25, -0.2) is 0 Å². The Morgan fingerprint density at radius 1 is 1.19 bits per heavy atom. The van der Waals surface area contributed by atoms with E-state index < -0.39 is 0 Å². The molecule has 0 spiro atoms. The van der Waals surface area contributed by atoms with Gasteiger partial charge in [0.15, 0.2) is 0 Å². The SMILES string of the molecule is CC1=CCC(c2ccccc2)c2nsnc21. The monoisotopic (exact) mass is 228 g/mol. The van der Waals surface area contributed by atoms with E-state index in [-0.39, 0.29) is 0 Å². The lowest BCUT2D eigenvalue weighted by atomic mass is 9.86. The Balaban J connectivity index is 2.08. The molecule has 80 valence electrons. The van der Waals surface area contributed by atoms with Crippen molar-refractivity contribution >= 4 is 17.3 Å². The highest BCUT2D eigenvalue weighted by Crippen LogP contribution is 2.36. The summed E-state index contributed by atoms with van der Waals surface area (Å²) < 4.78 is 8.83. The molecule has 1 aliphatic rings. The van der Waals surface area contributed by atoms with Gasteiger partial charge in [0.25, 0.3) is 0 Å². The van der Waals surface area contributed by atoms with Crippen LogP contribution in [0.2, 0.25) is 0 Å². The Kier molecular flexibility index (Phi) is 2.33. The molecule has 0 radical (unpaired) electrons. The van der Waals surface area contributed by atoms with Crippen molar-refractivity contribution < 1.29 is 0 Å². The maximum absolute atomic E-state index is 4.45. The maximum atomic E-state index is 4.45. The van der Waals surface area contributed by atoms with E-state index in [2.05, 4.69) is 46.0 Å². The van der Waals surface area contributed by atoms with Crippen molar-refractivity contribution in [2.45, 2.75) is 19.3 Å². The van der Waals surface area contributed by atoms with Crippen molar-refractivity contribution in [2.75, 3.05) is 0 Å².